The van der Waals surface area contributed by atoms with Gasteiger partial charge in [-0.05, 0) is 64.7 Å². The van der Waals surface area contributed by atoms with Crippen LogP contribution in [-0.4, -0.2) is 33.2 Å². The fourth-order valence-corrected chi connectivity index (χ4v) is 4.90. The number of amides is 2. The third-order valence-electron chi connectivity index (χ3n) is 7.06. The van der Waals surface area contributed by atoms with Gasteiger partial charge in [-0.2, -0.15) is 0 Å². The number of thiazole rings is 1. The Morgan fingerprint density at radius 3 is 2.49 bits per heavy atom. The molecule has 1 unspecified atom stereocenters. The lowest BCUT2D eigenvalue weighted by Crippen LogP contribution is -2.41. The number of carbonyl (C=O) groups excluding carboxylic acids is 3. The third kappa shape index (κ3) is 7.53. The first-order valence-electron chi connectivity index (χ1n) is 13.7. The molecule has 0 aliphatic heterocycles. The van der Waals surface area contributed by atoms with Crippen molar-refractivity contribution < 1.29 is 14.4 Å². The Morgan fingerprint density at radius 2 is 1.90 bits per heavy atom. The van der Waals surface area contributed by atoms with Crippen LogP contribution in [0, 0.1) is 0 Å². The van der Waals surface area contributed by atoms with Gasteiger partial charge in [0.2, 0.25) is 5.91 Å². The van der Waals surface area contributed by atoms with Crippen LogP contribution in [-0.2, 0) is 10.3 Å². The highest BCUT2D eigenvalue weighted by molar-refractivity contribution is 7.14. The molecule has 0 saturated heterocycles. The number of benzene rings is 1. The van der Waals surface area contributed by atoms with Crippen molar-refractivity contribution in [2.24, 2.45) is 0 Å². The minimum atomic E-state index is -0.734. The number of hydrogen-bond acceptors (Lipinski definition) is 5. The first-order chi connectivity index (χ1) is 18.6. The van der Waals surface area contributed by atoms with E-state index in [4.69, 9.17) is 0 Å². The maximum Gasteiger partial charge on any atom is 0.253 e. The zero-order valence-electron chi connectivity index (χ0n) is 23.8. The molecule has 1 aromatic carbocycles. The number of unbranched alkanes of at least 4 members (excludes halogenated alkanes) is 1. The van der Waals surface area contributed by atoms with Crippen molar-refractivity contribution in [2.45, 2.75) is 85.2 Å². The molecule has 2 heterocycles. The Morgan fingerprint density at radius 1 is 1.18 bits per heavy atom. The van der Waals surface area contributed by atoms with E-state index >= 15 is 0 Å². The molecule has 208 valence electrons. The Hall–Kier alpha value is -3.52. The predicted octanol–water partition coefficient (Wildman–Crippen LogP) is 7.31. The second kappa shape index (κ2) is 13.5. The summed E-state index contributed by atoms with van der Waals surface area (Å²) in [4.78, 5) is 41.9. The zero-order chi connectivity index (χ0) is 28.6. The van der Waals surface area contributed by atoms with Crippen LogP contribution in [0.1, 0.15) is 99.9 Å². The summed E-state index contributed by atoms with van der Waals surface area (Å²) in [6.07, 6.45) is 13.6. The van der Waals surface area contributed by atoms with Crippen LogP contribution in [0.15, 0.2) is 48.1 Å². The molecule has 1 aliphatic carbocycles. The van der Waals surface area contributed by atoms with E-state index in [1.807, 2.05) is 55.0 Å². The molecule has 39 heavy (non-hydrogen) atoms. The van der Waals surface area contributed by atoms with Crippen molar-refractivity contribution in [2.75, 3.05) is 5.32 Å². The molecule has 4 rings (SSSR count). The number of Topliss-reactive ketones (excluding diaryl/α,β-unsaturated/α-hetero) is 1. The maximum atomic E-state index is 12.7. The summed E-state index contributed by atoms with van der Waals surface area (Å²) in [5.74, 6) is -0.657. The topological polar surface area (TPSA) is 93.1 Å². The van der Waals surface area contributed by atoms with Crippen LogP contribution in [0.4, 0.5) is 5.13 Å². The first kappa shape index (κ1) is 30.0. The summed E-state index contributed by atoms with van der Waals surface area (Å²) >= 11 is 1.29. The number of nitrogens with zero attached hydrogens (tertiary/aromatic N) is 2. The molecule has 0 bridgehead atoms. The zero-order valence-corrected chi connectivity index (χ0v) is 24.7. The molecule has 7 nitrogen and oxygen atoms in total. The molecule has 0 spiro atoms. The Balaban J connectivity index is 0.000000983. The average Bonchev–Trinajstić information content (AvgIpc) is 3.58. The number of rotatable bonds is 9. The van der Waals surface area contributed by atoms with Gasteiger partial charge in [-0.3, -0.25) is 14.4 Å². The minimum Gasteiger partial charge on any atom is -0.348 e. The molecule has 3 aromatic rings. The number of allylic oxidation sites excluding steroid dienone is 1. The van der Waals surface area contributed by atoms with Gasteiger partial charge in [-0.1, -0.05) is 51.0 Å². The Bertz CT molecular complexity index is 1330. The lowest BCUT2D eigenvalue weighted by atomic mass is 9.78. The van der Waals surface area contributed by atoms with E-state index in [1.165, 1.54) is 37.5 Å². The van der Waals surface area contributed by atoms with E-state index in [0.717, 1.165) is 24.0 Å². The molecule has 8 heteroatoms. The Labute approximate surface area is 235 Å². The molecule has 1 atom stereocenters. The van der Waals surface area contributed by atoms with Crippen molar-refractivity contribution in [1.82, 2.24) is 14.9 Å². The molecule has 0 radical (unpaired) electrons. The molecular weight excluding hydrogens is 508 g/mol. The normalized spacial score (nSPS) is 14.6. The molecule has 1 saturated carbocycles. The smallest absolute Gasteiger partial charge is 0.253 e. The summed E-state index contributed by atoms with van der Waals surface area (Å²) < 4.78 is 2.09. The fourth-order valence-electron chi connectivity index (χ4n) is 4.18. The number of hydrogen-bond donors (Lipinski definition) is 2. The van der Waals surface area contributed by atoms with Gasteiger partial charge in [-0.15, -0.1) is 11.3 Å². The number of carbonyl (C=O) groups is 3. The number of nitrogens with one attached hydrogen (secondary N) is 2. The van der Waals surface area contributed by atoms with Gasteiger partial charge in [0.15, 0.2) is 10.9 Å². The largest absolute Gasteiger partial charge is 0.348 e. The Kier molecular flexibility index (Phi) is 10.4. The second-order valence-electron chi connectivity index (χ2n) is 10.2. The predicted molar refractivity (Wildman–Crippen MR) is 160 cm³/mol. The van der Waals surface area contributed by atoms with Gasteiger partial charge in [0, 0.05) is 34.4 Å². The van der Waals surface area contributed by atoms with E-state index in [0.29, 0.717) is 22.0 Å². The van der Waals surface area contributed by atoms with Crippen molar-refractivity contribution in [3.63, 3.8) is 0 Å². The van der Waals surface area contributed by atoms with Crippen LogP contribution in [0.3, 0.4) is 0 Å². The summed E-state index contributed by atoms with van der Waals surface area (Å²) in [5, 5.41) is 7.80. The van der Waals surface area contributed by atoms with Crippen molar-refractivity contribution in [3.05, 3.63) is 64.8 Å². The summed E-state index contributed by atoms with van der Waals surface area (Å²) in [6, 6.07) is 6.66. The van der Waals surface area contributed by atoms with Crippen molar-refractivity contribution in [1.29, 1.82) is 0 Å². The van der Waals surface area contributed by atoms with Gasteiger partial charge < -0.3 is 15.2 Å². The quantitative estimate of drug-likeness (QED) is 0.274. The molecule has 1 fully saturated rings. The molecule has 2 amide bonds. The number of anilines is 1. The summed E-state index contributed by atoms with van der Waals surface area (Å²) in [6.45, 7) is 11.6. The van der Waals surface area contributed by atoms with Gasteiger partial charge in [-0.25, -0.2) is 4.98 Å². The van der Waals surface area contributed by atoms with Crippen LogP contribution in [0.2, 0.25) is 0 Å². The van der Waals surface area contributed by atoms with E-state index in [9.17, 15) is 14.4 Å². The van der Waals surface area contributed by atoms with Crippen LogP contribution in [0.5, 0.6) is 0 Å². The van der Waals surface area contributed by atoms with Crippen molar-refractivity contribution >= 4 is 40.1 Å². The molecular formula is C31H40N4O3S. The molecule has 2 N–H and O–H groups in total. The van der Waals surface area contributed by atoms with Gasteiger partial charge in [0.05, 0.1) is 11.3 Å². The summed E-state index contributed by atoms with van der Waals surface area (Å²) in [7, 11) is 0. The van der Waals surface area contributed by atoms with E-state index in [-0.39, 0.29) is 23.1 Å². The van der Waals surface area contributed by atoms with E-state index in [2.05, 4.69) is 41.0 Å². The van der Waals surface area contributed by atoms with E-state index in [1.54, 1.807) is 13.0 Å². The van der Waals surface area contributed by atoms with E-state index < -0.39 is 6.04 Å². The van der Waals surface area contributed by atoms with Gasteiger partial charge in [0.1, 0.15) is 6.04 Å². The first-order valence-corrected chi connectivity index (χ1v) is 14.5. The summed E-state index contributed by atoms with van der Waals surface area (Å²) in [5.41, 5.74) is 3.57. The lowest BCUT2D eigenvalue weighted by Gasteiger charge is -2.40. The molecule has 1 aliphatic rings. The average molecular weight is 549 g/mol. The fraction of sp³-hybridized carbons (Fsp3) is 0.419. The number of aromatic nitrogens is 2. The van der Waals surface area contributed by atoms with Crippen LogP contribution >= 0.6 is 11.3 Å². The van der Waals surface area contributed by atoms with Gasteiger partial charge >= 0.3 is 0 Å². The maximum absolute atomic E-state index is 12.7. The highest BCUT2D eigenvalue weighted by Crippen LogP contribution is 2.38. The molecule has 2 aromatic heterocycles. The standard InChI is InChI=1S/C27H30N4O3S.C4H10/c1-5-7-19-8-9-20(14-22(19)18(3)32)23-16-35-26(29-23)30-24(33)17(2)28-25(34)21-10-13-31(15-21)27(4)11-6-12-27;1-3-4-2/h5,7-10,13-17H,6,11-12H2,1-4H3,(H,28,34)(H,29,30,33);3-4H2,1-2H3/b7-5-;. The SMILES string of the molecule is C/C=C\c1ccc(-c2csc(NC(=O)C(C)NC(=O)c3ccn(C4(C)CCC4)c3)n2)cc1C(C)=O.CCCC. The highest BCUT2D eigenvalue weighted by Gasteiger charge is 2.33. The highest BCUT2D eigenvalue weighted by atomic mass is 32.1. The third-order valence-corrected chi connectivity index (χ3v) is 7.82. The van der Waals surface area contributed by atoms with Crippen LogP contribution < -0.4 is 10.6 Å². The minimum absolute atomic E-state index is 0.0228. The monoisotopic (exact) mass is 548 g/mol. The number of ketones is 1. The van der Waals surface area contributed by atoms with Crippen LogP contribution in [0.25, 0.3) is 17.3 Å². The second-order valence-corrected chi connectivity index (χ2v) is 11.1. The lowest BCUT2D eigenvalue weighted by molar-refractivity contribution is -0.117. The van der Waals surface area contributed by atoms with Gasteiger partial charge in [0.25, 0.3) is 5.91 Å². The van der Waals surface area contributed by atoms with Crippen molar-refractivity contribution in [3.8, 4) is 11.3 Å².